The number of thioether (sulfide) groups is 1. The molecule has 0 aliphatic rings. The van der Waals surface area contributed by atoms with Crippen molar-refractivity contribution in [2.24, 2.45) is 5.73 Å². The van der Waals surface area contributed by atoms with Gasteiger partial charge in [-0.3, -0.25) is 4.79 Å². The molecule has 0 aliphatic carbocycles. The van der Waals surface area contributed by atoms with Crippen molar-refractivity contribution in [1.82, 2.24) is 15.5 Å². The fourth-order valence-corrected chi connectivity index (χ4v) is 2.52. The molecule has 0 fully saturated rings. The van der Waals surface area contributed by atoms with E-state index in [1.807, 2.05) is 6.92 Å². The number of alkyl carbamates (subject to hydrolysis) is 1. The quantitative estimate of drug-likeness (QED) is 0.161. The van der Waals surface area contributed by atoms with Gasteiger partial charge in [-0.15, -0.1) is 10.2 Å². The minimum absolute atomic E-state index is 0.131. The van der Waals surface area contributed by atoms with E-state index < -0.39 is 24.1 Å². The van der Waals surface area contributed by atoms with Gasteiger partial charge in [-0.05, 0) is 30.7 Å². The Morgan fingerprint density at radius 3 is 2.67 bits per heavy atom. The maximum absolute atomic E-state index is 11.8. The summed E-state index contributed by atoms with van der Waals surface area (Å²) in [6.07, 6.45) is 0.919. The summed E-state index contributed by atoms with van der Waals surface area (Å²) in [5, 5.41) is 10.2. The Labute approximate surface area is 176 Å². The number of hydrogen-bond acceptors (Lipinski definition) is 11. The molecule has 0 spiro atoms. The van der Waals surface area contributed by atoms with Gasteiger partial charge in [0.15, 0.2) is 0 Å². The Balaban J connectivity index is 1.71. The maximum atomic E-state index is 11.8. The Morgan fingerprint density at radius 1 is 1.23 bits per heavy atom. The molecule has 11 nitrogen and oxygen atoms in total. The number of ether oxygens (including phenoxy) is 2. The van der Waals surface area contributed by atoms with Crippen LogP contribution in [0.2, 0.25) is 0 Å². The first-order chi connectivity index (χ1) is 14.4. The summed E-state index contributed by atoms with van der Waals surface area (Å²) >= 11 is 0.908. The molecule has 0 saturated carbocycles. The molecule has 1 amide bonds. The molecule has 0 aliphatic heterocycles. The summed E-state index contributed by atoms with van der Waals surface area (Å²) in [6.45, 7) is 2.01. The van der Waals surface area contributed by atoms with Crippen LogP contribution in [0.3, 0.4) is 0 Å². The average Bonchev–Trinajstić information content (AvgIpc) is 3.20. The number of aromatic nitrogens is 2. The third-order valence-electron chi connectivity index (χ3n) is 3.59. The Hall–Kier alpha value is -3.12. The predicted molar refractivity (Wildman–Crippen MR) is 108 cm³/mol. The highest BCUT2D eigenvalue weighted by atomic mass is 32.2. The highest BCUT2D eigenvalue weighted by Gasteiger charge is 2.21. The van der Waals surface area contributed by atoms with Crippen molar-refractivity contribution < 1.29 is 28.3 Å². The summed E-state index contributed by atoms with van der Waals surface area (Å²) in [5.41, 5.74) is 12.5. The minimum Gasteiger partial charge on any atom is -0.450 e. The van der Waals surface area contributed by atoms with Crippen molar-refractivity contribution in [3.05, 3.63) is 24.3 Å². The third-order valence-corrected chi connectivity index (χ3v) is 4.38. The number of nitrogens with two attached hydrogens (primary N) is 2. The van der Waals surface area contributed by atoms with Gasteiger partial charge in [0.05, 0.1) is 6.61 Å². The summed E-state index contributed by atoms with van der Waals surface area (Å²) in [4.78, 5) is 35.1. The summed E-state index contributed by atoms with van der Waals surface area (Å²) in [6, 6.07) is 5.62. The molecule has 30 heavy (non-hydrogen) atoms. The van der Waals surface area contributed by atoms with Crippen LogP contribution in [-0.2, 0) is 19.1 Å². The zero-order valence-corrected chi connectivity index (χ0v) is 17.1. The zero-order chi connectivity index (χ0) is 21.9. The molecule has 0 radical (unpaired) electrons. The lowest BCUT2D eigenvalue weighted by Gasteiger charge is -2.11. The van der Waals surface area contributed by atoms with Crippen LogP contribution >= 0.6 is 11.8 Å². The van der Waals surface area contributed by atoms with Crippen LogP contribution in [0.4, 0.5) is 10.5 Å². The van der Waals surface area contributed by atoms with Gasteiger partial charge in [0.1, 0.15) is 11.8 Å². The van der Waals surface area contributed by atoms with Crippen LogP contribution in [0.1, 0.15) is 19.8 Å². The second kappa shape index (κ2) is 11.8. The Kier molecular flexibility index (Phi) is 9.09. The number of nitrogens with zero attached hydrogens (tertiary/aromatic N) is 2. The van der Waals surface area contributed by atoms with Gasteiger partial charge >= 0.3 is 18.0 Å². The minimum atomic E-state index is -1.21. The van der Waals surface area contributed by atoms with Crippen molar-refractivity contribution in [1.29, 1.82) is 0 Å². The van der Waals surface area contributed by atoms with Gasteiger partial charge in [0, 0.05) is 17.8 Å². The molecule has 1 aromatic heterocycles. The number of esters is 2. The lowest BCUT2D eigenvalue weighted by Crippen LogP contribution is -2.44. The first-order valence-corrected chi connectivity index (χ1v) is 10.1. The van der Waals surface area contributed by atoms with Crippen LogP contribution in [0.25, 0.3) is 11.5 Å². The number of unbranched alkanes of at least 4 members (excludes halogenated alkanes) is 1. The van der Waals surface area contributed by atoms with Gasteiger partial charge in [0.2, 0.25) is 5.89 Å². The molecule has 0 saturated heterocycles. The fourth-order valence-electron chi connectivity index (χ4n) is 1.99. The average molecular weight is 437 g/mol. The van der Waals surface area contributed by atoms with E-state index in [2.05, 4.69) is 20.3 Å². The predicted octanol–water partition coefficient (Wildman–Crippen LogP) is 1.33. The van der Waals surface area contributed by atoms with E-state index in [0.29, 0.717) is 11.3 Å². The van der Waals surface area contributed by atoms with Crippen molar-refractivity contribution in [3.8, 4) is 11.5 Å². The maximum Gasteiger partial charge on any atom is 0.407 e. The molecule has 5 N–H and O–H groups in total. The number of carbonyl (C=O) groups is 3. The number of hydrogen-bond donors (Lipinski definition) is 3. The number of carbonyl (C=O) groups excluding carboxylic acids is 3. The van der Waals surface area contributed by atoms with E-state index in [4.69, 9.17) is 20.6 Å². The molecular weight excluding hydrogens is 414 g/mol. The molecule has 2 aromatic rings. The van der Waals surface area contributed by atoms with Crippen molar-refractivity contribution in [2.75, 3.05) is 24.6 Å². The van der Waals surface area contributed by atoms with Crippen LogP contribution in [0.5, 0.6) is 0 Å². The highest BCUT2D eigenvalue weighted by Crippen LogP contribution is 2.23. The second-order valence-corrected chi connectivity index (χ2v) is 6.98. The second-order valence-electron chi connectivity index (χ2n) is 6.05. The third kappa shape index (κ3) is 7.72. The molecule has 1 heterocycles. The molecule has 1 unspecified atom stereocenters. The number of amides is 1. The van der Waals surface area contributed by atoms with Crippen LogP contribution in [0, 0.1) is 0 Å². The van der Waals surface area contributed by atoms with Gasteiger partial charge < -0.3 is 30.7 Å². The standard InChI is InChI=1S/C18H23N5O6S/c1-2-3-8-27-17(26)21-9-13(20)16(25)28-14(24)10-30-18-23-22-15(29-18)11-4-6-12(19)7-5-11/h4-7,13H,2-3,8-10,19-20H2,1H3,(H,21,26). The van der Waals surface area contributed by atoms with E-state index in [1.54, 1.807) is 24.3 Å². The SMILES string of the molecule is CCCCOC(=O)NCC(N)C(=O)OC(=O)CSc1nnc(-c2ccc(N)cc2)o1. The highest BCUT2D eigenvalue weighted by molar-refractivity contribution is 7.99. The monoisotopic (exact) mass is 437 g/mol. The van der Waals surface area contributed by atoms with Crippen molar-refractivity contribution in [3.63, 3.8) is 0 Å². The number of anilines is 1. The largest absolute Gasteiger partial charge is 0.450 e. The van der Waals surface area contributed by atoms with Crippen LogP contribution in [0.15, 0.2) is 33.9 Å². The summed E-state index contributed by atoms with van der Waals surface area (Å²) in [5.74, 6) is -1.78. The van der Waals surface area contributed by atoms with E-state index >= 15 is 0 Å². The van der Waals surface area contributed by atoms with Crippen molar-refractivity contribution in [2.45, 2.75) is 31.0 Å². The molecular formula is C18H23N5O6S. The lowest BCUT2D eigenvalue weighted by atomic mass is 10.2. The smallest absolute Gasteiger partial charge is 0.407 e. The zero-order valence-electron chi connectivity index (χ0n) is 16.3. The molecule has 12 heteroatoms. The summed E-state index contributed by atoms with van der Waals surface area (Å²) < 4.78 is 15.0. The van der Waals surface area contributed by atoms with Gasteiger partial charge in [-0.2, -0.15) is 0 Å². The molecule has 1 aromatic carbocycles. The topological polar surface area (TPSA) is 173 Å². The van der Waals surface area contributed by atoms with Crippen LogP contribution in [-0.4, -0.2) is 53.2 Å². The van der Waals surface area contributed by atoms with E-state index in [9.17, 15) is 14.4 Å². The van der Waals surface area contributed by atoms with E-state index in [-0.39, 0.29) is 30.0 Å². The Bertz CT molecular complexity index is 857. The lowest BCUT2D eigenvalue weighted by molar-refractivity contribution is -0.158. The van der Waals surface area contributed by atoms with Crippen LogP contribution < -0.4 is 16.8 Å². The van der Waals surface area contributed by atoms with Crippen molar-refractivity contribution >= 4 is 35.5 Å². The molecule has 2 rings (SSSR count). The van der Waals surface area contributed by atoms with E-state index in [1.165, 1.54) is 0 Å². The van der Waals surface area contributed by atoms with Gasteiger partial charge in [-0.25, -0.2) is 9.59 Å². The first-order valence-electron chi connectivity index (χ1n) is 9.12. The Morgan fingerprint density at radius 2 is 1.97 bits per heavy atom. The first kappa shape index (κ1) is 23.2. The van der Waals surface area contributed by atoms with Gasteiger partial charge in [-0.1, -0.05) is 25.1 Å². The fraction of sp³-hybridized carbons (Fsp3) is 0.389. The summed E-state index contributed by atoms with van der Waals surface area (Å²) in [7, 11) is 0. The normalized spacial score (nSPS) is 11.5. The van der Waals surface area contributed by atoms with E-state index in [0.717, 1.165) is 24.6 Å². The number of nitrogens with one attached hydrogen (secondary N) is 1. The molecule has 1 atom stereocenters. The molecule has 0 bridgehead atoms. The van der Waals surface area contributed by atoms with Gasteiger partial charge in [0.25, 0.3) is 5.22 Å². The molecule has 162 valence electrons. The number of nitrogen functional groups attached to an aromatic ring is 1. The number of benzene rings is 1. The number of rotatable bonds is 10.